The molecule has 0 aromatic carbocycles. The zero-order valence-corrected chi connectivity index (χ0v) is 10.2. The molecule has 92 valence electrons. The van der Waals surface area contributed by atoms with E-state index >= 15 is 0 Å². The molecular formula is C13H14N4O. The lowest BCUT2D eigenvalue weighted by Gasteiger charge is -2.16. The molecule has 0 atom stereocenters. The van der Waals surface area contributed by atoms with Crippen molar-refractivity contribution in [3.8, 4) is 0 Å². The fourth-order valence-corrected chi connectivity index (χ4v) is 1.58. The summed E-state index contributed by atoms with van der Waals surface area (Å²) in [5.74, 6) is -0.0651. The maximum Gasteiger partial charge on any atom is 0.256 e. The van der Waals surface area contributed by atoms with Crippen LogP contribution in [-0.2, 0) is 6.42 Å². The molecule has 0 aliphatic carbocycles. The van der Waals surface area contributed by atoms with Gasteiger partial charge < -0.3 is 4.90 Å². The molecule has 2 aromatic heterocycles. The molecule has 5 nitrogen and oxygen atoms in total. The van der Waals surface area contributed by atoms with Crippen LogP contribution in [0.5, 0.6) is 0 Å². The molecule has 2 heterocycles. The third-order valence-electron chi connectivity index (χ3n) is 2.64. The fourth-order valence-electron chi connectivity index (χ4n) is 1.58. The monoisotopic (exact) mass is 242 g/mol. The van der Waals surface area contributed by atoms with E-state index in [0.29, 0.717) is 12.1 Å². The van der Waals surface area contributed by atoms with Gasteiger partial charge in [-0.15, -0.1) is 0 Å². The van der Waals surface area contributed by atoms with E-state index in [9.17, 15) is 4.79 Å². The predicted molar refractivity (Wildman–Crippen MR) is 66.9 cm³/mol. The summed E-state index contributed by atoms with van der Waals surface area (Å²) in [5, 5.41) is 0. The van der Waals surface area contributed by atoms with E-state index in [1.165, 1.54) is 18.7 Å². The maximum atomic E-state index is 12.0. The number of carbonyl (C=O) groups is 1. The van der Waals surface area contributed by atoms with Gasteiger partial charge in [-0.1, -0.05) is 0 Å². The Kier molecular flexibility index (Phi) is 3.96. The Morgan fingerprint density at radius 1 is 1.17 bits per heavy atom. The van der Waals surface area contributed by atoms with Gasteiger partial charge in [0.1, 0.15) is 6.33 Å². The first-order chi connectivity index (χ1) is 8.77. The van der Waals surface area contributed by atoms with Crippen molar-refractivity contribution in [3.05, 3.63) is 54.4 Å². The molecule has 2 rings (SSSR count). The van der Waals surface area contributed by atoms with Crippen molar-refractivity contribution in [1.29, 1.82) is 0 Å². The van der Waals surface area contributed by atoms with Crippen LogP contribution >= 0.6 is 0 Å². The highest BCUT2D eigenvalue weighted by atomic mass is 16.2. The van der Waals surface area contributed by atoms with Crippen molar-refractivity contribution in [1.82, 2.24) is 19.9 Å². The van der Waals surface area contributed by atoms with Crippen molar-refractivity contribution in [2.24, 2.45) is 0 Å². The minimum absolute atomic E-state index is 0.0651. The van der Waals surface area contributed by atoms with Crippen LogP contribution in [0, 0.1) is 0 Å². The Bertz CT molecular complexity index is 501. The molecule has 0 N–H and O–H groups in total. The lowest BCUT2D eigenvalue weighted by molar-refractivity contribution is 0.0796. The second-order valence-electron chi connectivity index (χ2n) is 3.96. The van der Waals surface area contributed by atoms with Crippen molar-refractivity contribution >= 4 is 5.91 Å². The number of pyridine rings is 1. The van der Waals surface area contributed by atoms with Gasteiger partial charge in [0.05, 0.1) is 5.56 Å². The number of hydrogen-bond donors (Lipinski definition) is 0. The van der Waals surface area contributed by atoms with Crippen LogP contribution in [0.15, 0.2) is 43.2 Å². The smallest absolute Gasteiger partial charge is 0.256 e. The van der Waals surface area contributed by atoms with E-state index < -0.39 is 0 Å². The fraction of sp³-hybridized carbons (Fsp3) is 0.231. The Balaban J connectivity index is 1.93. The van der Waals surface area contributed by atoms with Gasteiger partial charge in [-0.2, -0.15) is 0 Å². The summed E-state index contributed by atoms with van der Waals surface area (Å²) >= 11 is 0. The van der Waals surface area contributed by atoms with Crippen LogP contribution in [0.25, 0.3) is 0 Å². The first-order valence-corrected chi connectivity index (χ1v) is 5.67. The summed E-state index contributed by atoms with van der Waals surface area (Å²) in [7, 11) is 1.77. The molecule has 0 saturated heterocycles. The average molecular weight is 242 g/mol. The first-order valence-electron chi connectivity index (χ1n) is 5.67. The molecule has 18 heavy (non-hydrogen) atoms. The van der Waals surface area contributed by atoms with Gasteiger partial charge in [0.25, 0.3) is 5.91 Å². The summed E-state index contributed by atoms with van der Waals surface area (Å²) in [6.07, 6.45) is 8.77. The van der Waals surface area contributed by atoms with E-state index in [1.54, 1.807) is 24.3 Å². The van der Waals surface area contributed by atoms with Crippen LogP contribution in [0.1, 0.15) is 15.9 Å². The average Bonchev–Trinajstić information content (AvgIpc) is 2.46. The standard InChI is InChI=1S/C13H14N4O/c1-17(7-4-11-2-5-14-6-3-11)13(18)12-8-15-10-16-9-12/h2-3,5-6,8-10H,4,7H2,1H3. The molecule has 0 radical (unpaired) electrons. The quantitative estimate of drug-likeness (QED) is 0.808. The number of amides is 1. The van der Waals surface area contributed by atoms with Crippen LogP contribution in [0.3, 0.4) is 0 Å². The van der Waals surface area contributed by atoms with E-state index in [0.717, 1.165) is 12.0 Å². The highest BCUT2D eigenvalue weighted by Gasteiger charge is 2.11. The molecule has 0 unspecified atom stereocenters. The highest BCUT2D eigenvalue weighted by molar-refractivity contribution is 5.93. The molecule has 0 saturated carbocycles. The Morgan fingerprint density at radius 3 is 2.50 bits per heavy atom. The van der Waals surface area contributed by atoms with E-state index in [2.05, 4.69) is 15.0 Å². The summed E-state index contributed by atoms with van der Waals surface area (Å²) in [6.45, 7) is 0.651. The van der Waals surface area contributed by atoms with E-state index in [-0.39, 0.29) is 5.91 Å². The summed E-state index contributed by atoms with van der Waals surface area (Å²) in [4.78, 5) is 25.3. The van der Waals surface area contributed by atoms with Gasteiger partial charge in [0, 0.05) is 38.4 Å². The SMILES string of the molecule is CN(CCc1ccncc1)C(=O)c1cncnc1. The topological polar surface area (TPSA) is 59.0 Å². The van der Waals surface area contributed by atoms with Gasteiger partial charge >= 0.3 is 0 Å². The van der Waals surface area contributed by atoms with Crippen LogP contribution < -0.4 is 0 Å². The second-order valence-corrected chi connectivity index (χ2v) is 3.96. The molecule has 1 amide bonds. The number of nitrogens with zero attached hydrogens (tertiary/aromatic N) is 4. The molecular weight excluding hydrogens is 228 g/mol. The van der Waals surface area contributed by atoms with Crippen molar-refractivity contribution in [2.45, 2.75) is 6.42 Å². The first kappa shape index (κ1) is 12.2. The van der Waals surface area contributed by atoms with Gasteiger partial charge in [-0.05, 0) is 24.1 Å². The van der Waals surface area contributed by atoms with E-state index in [4.69, 9.17) is 0 Å². The minimum Gasteiger partial charge on any atom is -0.341 e. The Morgan fingerprint density at radius 2 is 1.83 bits per heavy atom. The highest BCUT2D eigenvalue weighted by Crippen LogP contribution is 2.03. The van der Waals surface area contributed by atoms with Gasteiger partial charge in [-0.25, -0.2) is 9.97 Å². The van der Waals surface area contributed by atoms with Crippen LogP contribution in [0.2, 0.25) is 0 Å². The number of rotatable bonds is 4. The third kappa shape index (κ3) is 3.10. The third-order valence-corrected chi connectivity index (χ3v) is 2.64. The van der Waals surface area contributed by atoms with Crippen molar-refractivity contribution in [3.63, 3.8) is 0 Å². The zero-order chi connectivity index (χ0) is 12.8. The molecule has 0 aliphatic rings. The Labute approximate surface area is 106 Å². The maximum absolute atomic E-state index is 12.0. The second kappa shape index (κ2) is 5.86. The zero-order valence-electron chi connectivity index (χ0n) is 10.2. The lowest BCUT2D eigenvalue weighted by Crippen LogP contribution is -2.29. The van der Waals surface area contributed by atoms with Crippen LogP contribution in [0.4, 0.5) is 0 Å². The molecule has 0 fully saturated rings. The normalized spacial score (nSPS) is 10.1. The van der Waals surface area contributed by atoms with Crippen molar-refractivity contribution < 1.29 is 4.79 Å². The molecule has 0 aliphatic heterocycles. The minimum atomic E-state index is -0.0651. The largest absolute Gasteiger partial charge is 0.341 e. The molecule has 0 bridgehead atoms. The Hall–Kier alpha value is -2.30. The molecule has 0 spiro atoms. The lowest BCUT2D eigenvalue weighted by atomic mass is 10.2. The molecule has 2 aromatic rings. The number of likely N-dealkylation sites (N-methyl/N-ethyl adjacent to an activating group) is 1. The summed E-state index contributed by atoms with van der Waals surface area (Å²) in [5.41, 5.74) is 1.67. The predicted octanol–water partition coefficient (Wildman–Crippen LogP) is 1.19. The van der Waals surface area contributed by atoms with Gasteiger partial charge in [0.15, 0.2) is 0 Å². The van der Waals surface area contributed by atoms with Crippen LogP contribution in [-0.4, -0.2) is 39.4 Å². The van der Waals surface area contributed by atoms with Crippen molar-refractivity contribution in [2.75, 3.05) is 13.6 Å². The number of carbonyl (C=O) groups excluding carboxylic acids is 1. The summed E-state index contributed by atoms with van der Waals surface area (Å²) < 4.78 is 0. The molecule has 5 heteroatoms. The number of hydrogen-bond acceptors (Lipinski definition) is 4. The number of aromatic nitrogens is 3. The summed E-state index contributed by atoms with van der Waals surface area (Å²) in [6, 6.07) is 3.90. The van der Waals surface area contributed by atoms with Gasteiger partial charge in [0.2, 0.25) is 0 Å². The van der Waals surface area contributed by atoms with E-state index in [1.807, 2.05) is 12.1 Å². The van der Waals surface area contributed by atoms with Gasteiger partial charge in [-0.3, -0.25) is 9.78 Å².